The number of carbonyl (C=O) groups excluding carboxylic acids is 1. The van der Waals surface area contributed by atoms with E-state index in [9.17, 15) is 13.2 Å². The molecule has 1 aliphatic rings. The Morgan fingerprint density at radius 1 is 1.10 bits per heavy atom. The molecule has 0 saturated heterocycles. The van der Waals surface area contributed by atoms with Gasteiger partial charge in [-0.1, -0.05) is 44.2 Å². The Bertz CT molecular complexity index is 937. The molecule has 0 atom stereocenters. The molecule has 0 unspecified atom stereocenters. The molecule has 1 N–H and O–H groups in total. The highest BCUT2D eigenvalue weighted by Crippen LogP contribution is 2.31. The Kier molecular flexibility index (Phi) is 6.96. The minimum atomic E-state index is -3.59. The lowest BCUT2D eigenvalue weighted by Gasteiger charge is -2.30. The van der Waals surface area contributed by atoms with Crippen molar-refractivity contribution in [2.24, 2.45) is 5.92 Å². The zero-order chi connectivity index (χ0) is 20.9. The zero-order valence-electron chi connectivity index (χ0n) is 17.2. The number of sulfonamides is 1. The molecule has 0 fully saturated rings. The van der Waals surface area contributed by atoms with E-state index in [-0.39, 0.29) is 5.91 Å². The molecule has 0 spiro atoms. The molecule has 0 radical (unpaired) electrons. The lowest BCUT2D eigenvalue weighted by atomic mass is 10.0. The van der Waals surface area contributed by atoms with Crippen molar-refractivity contribution in [1.29, 1.82) is 0 Å². The highest BCUT2D eigenvalue weighted by molar-refractivity contribution is 7.92. The van der Waals surface area contributed by atoms with Crippen molar-refractivity contribution in [2.45, 2.75) is 50.8 Å². The molecule has 1 amide bonds. The first kappa shape index (κ1) is 21.4. The minimum Gasteiger partial charge on any atom is -0.356 e. The quantitative estimate of drug-likeness (QED) is 0.712. The standard InChI is InChI=1S/C23H30N2O3S/c1-18(2)15-16-24-23(26)14-11-19-9-12-21(13-10-19)29(27,28)25-17-5-7-20-6-3-4-8-22(20)25/h3-4,6,8-10,12-13,18H,5,7,11,14-17H2,1-2H3,(H,24,26). The molecule has 3 rings (SSSR count). The third-order valence-electron chi connectivity index (χ3n) is 5.26. The van der Waals surface area contributed by atoms with Crippen molar-refractivity contribution in [1.82, 2.24) is 5.32 Å². The Morgan fingerprint density at radius 2 is 1.83 bits per heavy atom. The van der Waals surface area contributed by atoms with Gasteiger partial charge in [-0.25, -0.2) is 8.42 Å². The number of hydrogen-bond acceptors (Lipinski definition) is 3. The van der Waals surface area contributed by atoms with Crippen molar-refractivity contribution in [2.75, 3.05) is 17.4 Å². The van der Waals surface area contributed by atoms with Crippen molar-refractivity contribution in [3.05, 3.63) is 59.7 Å². The summed E-state index contributed by atoms with van der Waals surface area (Å²) < 4.78 is 27.8. The van der Waals surface area contributed by atoms with Gasteiger partial charge in [-0.2, -0.15) is 0 Å². The number of rotatable bonds is 8. The highest BCUT2D eigenvalue weighted by Gasteiger charge is 2.28. The summed E-state index contributed by atoms with van der Waals surface area (Å²) in [6.45, 7) is 5.46. The average molecular weight is 415 g/mol. The van der Waals surface area contributed by atoms with Gasteiger partial charge in [0.15, 0.2) is 0 Å². The molecule has 1 heterocycles. The summed E-state index contributed by atoms with van der Waals surface area (Å²) in [4.78, 5) is 12.2. The number of nitrogens with zero attached hydrogens (tertiary/aromatic N) is 1. The van der Waals surface area contributed by atoms with E-state index in [4.69, 9.17) is 0 Å². The number of amides is 1. The molecule has 1 aliphatic heterocycles. The molecular weight excluding hydrogens is 384 g/mol. The van der Waals surface area contributed by atoms with Crippen LogP contribution in [0.1, 0.15) is 44.2 Å². The van der Waals surface area contributed by atoms with Crippen LogP contribution in [0.5, 0.6) is 0 Å². The van der Waals surface area contributed by atoms with Crippen LogP contribution in [0.4, 0.5) is 5.69 Å². The third-order valence-corrected chi connectivity index (χ3v) is 7.09. The molecule has 2 aromatic rings. The van der Waals surface area contributed by atoms with E-state index in [0.717, 1.165) is 36.1 Å². The predicted octanol–water partition coefficient (Wildman–Crippen LogP) is 3.92. The summed E-state index contributed by atoms with van der Waals surface area (Å²) in [6.07, 6.45) is 3.70. The van der Waals surface area contributed by atoms with Crippen LogP contribution in [0.3, 0.4) is 0 Å². The third kappa shape index (κ3) is 5.38. The lowest BCUT2D eigenvalue weighted by molar-refractivity contribution is -0.121. The second-order valence-electron chi connectivity index (χ2n) is 7.99. The van der Waals surface area contributed by atoms with Gasteiger partial charge in [0, 0.05) is 19.5 Å². The normalized spacial score (nSPS) is 14.0. The Balaban J connectivity index is 1.63. The van der Waals surface area contributed by atoms with Crippen molar-refractivity contribution < 1.29 is 13.2 Å². The smallest absolute Gasteiger partial charge is 0.264 e. The minimum absolute atomic E-state index is 0.0345. The number of hydrogen-bond donors (Lipinski definition) is 1. The fourth-order valence-corrected chi connectivity index (χ4v) is 5.09. The van der Waals surface area contributed by atoms with Crippen LogP contribution in [0.25, 0.3) is 0 Å². The van der Waals surface area contributed by atoms with Crippen LogP contribution in [-0.2, 0) is 27.7 Å². The van der Waals surface area contributed by atoms with Gasteiger partial charge < -0.3 is 5.32 Å². The lowest BCUT2D eigenvalue weighted by Crippen LogP contribution is -2.35. The Hall–Kier alpha value is -2.34. The fraction of sp³-hybridized carbons (Fsp3) is 0.435. The highest BCUT2D eigenvalue weighted by atomic mass is 32.2. The summed E-state index contributed by atoms with van der Waals surface area (Å²) in [5, 5.41) is 2.93. The second-order valence-corrected chi connectivity index (χ2v) is 9.85. The molecule has 5 nitrogen and oxygen atoms in total. The van der Waals surface area contributed by atoms with Crippen LogP contribution < -0.4 is 9.62 Å². The molecule has 29 heavy (non-hydrogen) atoms. The van der Waals surface area contributed by atoms with Crippen molar-refractivity contribution >= 4 is 21.6 Å². The van der Waals surface area contributed by atoms with Crippen molar-refractivity contribution in [3.63, 3.8) is 0 Å². The summed E-state index contributed by atoms with van der Waals surface area (Å²) >= 11 is 0. The van der Waals surface area contributed by atoms with Crippen molar-refractivity contribution in [3.8, 4) is 0 Å². The van der Waals surface area contributed by atoms with E-state index in [2.05, 4.69) is 19.2 Å². The maximum Gasteiger partial charge on any atom is 0.264 e. The van der Waals surface area contributed by atoms with E-state index in [1.165, 1.54) is 4.31 Å². The number of fused-ring (bicyclic) bond motifs is 1. The molecule has 6 heteroatoms. The number of nitrogens with one attached hydrogen (secondary N) is 1. The van der Waals surface area contributed by atoms with Crippen LogP contribution in [0, 0.1) is 5.92 Å². The van der Waals surface area contributed by atoms with E-state index in [0.29, 0.717) is 36.7 Å². The van der Waals surface area contributed by atoms with Gasteiger partial charge in [0.05, 0.1) is 10.6 Å². The first-order chi connectivity index (χ1) is 13.9. The van der Waals surface area contributed by atoms with Gasteiger partial charge in [0.25, 0.3) is 10.0 Å². The summed E-state index contributed by atoms with van der Waals surface area (Å²) in [5.41, 5.74) is 2.81. The molecule has 2 aromatic carbocycles. The number of para-hydroxylation sites is 1. The largest absolute Gasteiger partial charge is 0.356 e. The second kappa shape index (κ2) is 9.44. The number of anilines is 1. The van der Waals surface area contributed by atoms with E-state index >= 15 is 0 Å². The van der Waals surface area contributed by atoms with Gasteiger partial charge in [-0.05, 0) is 60.9 Å². The predicted molar refractivity (Wildman–Crippen MR) is 117 cm³/mol. The topological polar surface area (TPSA) is 66.5 Å². The number of carbonyl (C=O) groups is 1. The molecule has 156 valence electrons. The average Bonchev–Trinajstić information content (AvgIpc) is 2.72. The molecular formula is C23H30N2O3S. The Labute approximate surface area is 174 Å². The molecule has 0 saturated carbocycles. The molecule has 0 aliphatic carbocycles. The van der Waals surface area contributed by atoms with Gasteiger partial charge in [-0.15, -0.1) is 0 Å². The fourth-order valence-electron chi connectivity index (χ4n) is 3.55. The van der Waals surface area contributed by atoms with Gasteiger partial charge >= 0.3 is 0 Å². The first-order valence-electron chi connectivity index (χ1n) is 10.3. The molecule has 0 bridgehead atoms. The number of benzene rings is 2. The number of aryl methyl sites for hydroxylation is 2. The van der Waals surface area contributed by atoms with Crippen LogP contribution in [0.15, 0.2) is 53.4 Å². The van der Waals surface area contributed by atoms with Crippen LogP contribution in [-0.4, -0.2) is 27.4 Å². The van der Waals surface area contributed by atoms with Crippen LogP contribution in [0.2, 0.25) is 0 Å². The SMILES string of the molecule is CC(C)CCNC(=O)CCc1ccc(S(=O)(=O)N2CCCc3ccccc32)cc1. The van der Waals surface area contributed by atoms with Gasteiger partial charge in [0.1, 0.15) is 0 Å². The Morgan fingerprint density at radius 3 is 2.55 bits per heavy atom. The monoisotopic (exact) mass is 414 g/mol. The van der Waals surface area contributed by atoms with E-state index in [1.807, 2.05) is 36.4 Å². The zero-order valence-corrected chi connectivity index (χ0v) is 18.0. The van der Waals surface area contributed by atoms with E-state index < -0.39 is 10.0 Å². The first-order valence-corrected chi connectivity index (χ1v) is 11.8. The maximum absolute atomic E-state index is 13.2. The molecule has 0 aromatic heterocycles. The van der Waals surface area contributed by atoms with Crippen LogP contribution >= 0.6 is 0 Å². The maximum atomic E-state index is 13.2. The van der Waals surface area contributed by atoms with E-state index in [1.54, 1.807) is 12.1 Å². The van der Waals surface area contributed by atoms with Gasteiger partial charge in [0.2, 0.25) is 5.91 Å². The summed E-state index contributed by atoms with van der Waals surface area (Å²) in [5.74, 6) is 0.601. The summed E-state index contributed by atoms with van der Waals surface area (Å²) in [6, 6.07) is 14.6. The summed E-state index contributed by atoms with van der Waals surface area (Å²) in [7, 11) is -3.59. The van der Waals surface area contributed by atoms with Gasteiger partial charge in [-0.3, -0.25) is 9.10 Å².